The van der Waals surface area contributed by atoms with Gasteiger partial charge in [-0.2, -0.15) is 16.4 Å². The van der Waals surface area contributed by atoms with Gasteiger partial charge in [0.15, 0.2) is 0 Å². The molecule has 1 aromatic carbocycles. The summed E-state index contributed by atoms with van der Waals surface area (Å²) in [5, 5.41) is 11.5. The van der Waals surface area contributed by atoms with Crippen molar-refractivity contribution in [1.29, 1.82) is 0 Å². The zero-order valence-electron chi connectivity index (χ0n) is 15.5. The van der Waals surface area contributed by atoms with Gasteiger partial charge in [0.1, 0.15) is 5.01 Å². The highest BCUT2D eigenvalue weighted by molar-refractivity contribution is 7.14. The summed E-state index contributed by atoms with van der Waals surface area (Å²) in [5.74, 6) is 0.0537. The molecule has 0 spiro atoms. The molecule has 0 unspecified atom stereocenters. The number of rotatable bonds is 7. The van der Waals surface area contributed by atoms with Crippen molar-refractivity contribution in [2.45, 2.75) is 19.5 Å². The van der Waals surface area contributed by atoms with E-state index in [0.717, 1.165) is 28.4 Å². The Morgan fingerprint density at radius 2 is 2.00 bits per heavy atom. The lowest BCUT2D eigenvalue weighted by molar-refractivity contribution is -0.129. The molecule has 0 aliphatic carbocycles. The van der Waals surface area contributed by atoms with Gasteiger partial charge < -0.3 is 4.90 Å². The van der Waals surface area contributed by atoms with E-state index in [1.54, 1.807) is 27.6 Å². The number of hydrogen-bond acceptors (Lipinski definition) is 5. The number of likely N-dealkylation sites (N-methyl/N-ethyl adjacent to an activating group) is 1. The molecule has 0 saturated heterocycles. The number of nitrogens with zero attached hydrogens (tertiary/aromatic N) is 4. The van der Waals surface area contributed by atoms with Gasteiger partial charge in [-0.15, -0.1) is 11.3 Å². The molecule has 1 amide bonds. The predicted molar refractivity (Wildman–Crippen MR) is 113 cm³/mol. The van der Waals surface area contributed by atoms with E-state index in [9.17, 15) is 4.79 Å². The van der Waals surface area contributed by atoms with E-state index in [-0.39, 0.29) is 5.91 Å². The first-order valence-electron chi connectivity index (χ1n) is 8.93. The average molecular weight is 409 g/mol. The zero-order valence-corrected chi connectivity index (χ0v) is 17.1. The molecule has 0 aliphatic heterocycles. The molecular weight excluding hydrogens is 388 g/mol. The molecule has 0 bridgehead atoms. The molecule has 28 heavy (non-hydrogen) atoms. The predicted octanol–water partition coefficient (Wildman–Crippen LogP) is 4.32. The Hall–Kier alpha value is -2.77. The lowest BCUT2D eigenvalue weighted by Gasteiger charge is -2.15. The molecule has 0 N–H and O–H groups in total. The summed E-state index contributed by atoms with van der Waals surface area (Å²) in [6.07, 6.45) is 4.13. The van der Waals surface area contributed by atoms with Gasteiger partial charge in [0.2, 0.25) is 5.91 Å². The minimum atomic E-state index is 0.0537. The van der Waals surface area contributed by atoms with E-state index in [1.807, 2.05) is 59.1 Å². The number of aromatic nitrogens is 3. The highest BCUT2D eigenvalue weighted by Gasteiger charge is 2.14. The summed E-state index contributed by atoms with van der Waals surface area (Å²) in [7, 11) is 1.82. The maximum absolute atomic E-state index is 12.6. The topological polar surface area (TPSA) is 51.0 Å². The van der Waals surface area contributed by atoms with Crippen LogP contribution in [0.15, 0.2) is 64.9 Å². The molecule has 5 nitrogen and oxygen atoms in total. The van der Waals surface area contributed by atoms with E-state index < -0.39 is 0 Å². The van der Waals surface area contributed by atoms with E-state index in [1.165, 1.54) is 5.56 Å². The second kappa shape index (κ2) is 8.50. The lowest BCUT2D eigenvalue weighted by atomic mass is 10.2. The number of hydrogen-bond donors (Lipinski definition) is 0. The van der Waals surface area contributed by atoms with Gasteiger partial charge in [-0.3, -0.25) is 9.48 Å². The maximum Gasteiger partial charge on any atom is 0.228 e. The number of carbonyl (C=O) groups is 1. The third-order valence-corrected chi connectivity index (χ3v) is 6.00. The van der Waals surface area contributed by atoms with Crippen molar-refractivity contribution >= 4 is 28.6 Å². The van der Waals surface area contributed by atoms with E-state index in [4.69, 9.17) is 0 Å². The average Bonchev–Trinajstić information content (AvgIpc) is 3.44. The molecule has 0 fully saturated rings. The monoisotopic (exact) mass is 408 g/mol. The molecule has 3 heterocycles. The van der Waals surface area contributed by atoms with Crippen molar-refractivity contribution in [3.8, 4) is 10.6 Å². The molecule has 7 heteroatoms. The van der Waals surface area contributed by atoms with Crippen LogP contribution in [0.25, 0.3) is 10.6 Å². The van der Waals surface area contributed by atoms with Gasteiger partial charge in [-0.1, -0.05) is 30.3 Å². The van der Waals surface area contributed by atoms with Crippen LogP contribution in [0, 0.1) is 0 Å². The summed E-state index contributed by atoms with van der Waals surface area (Å²) in [6, 6.07) is 12.3. The van der Waals surface area contributed by atoms with Gasteiger partial charge >= 0.3 is 0 Å². The first-order valence-corrected chi connectivity index (χ1v) is 10.8. The summed E-state index contributed by atoms with van der Waals surface area (Å²) in [4.78, 5) is 18.9. The Morgan fingerprint density at radius 1 is 1.14 bits per heavy atom. The smallest absolute Gasteiger partial charge is 0.228 e. The number of thiazole rings is 1. The van der Waals surface area contributed by atoms with Gasteiger partial charge in [0.25, 0.3) is 0 Å². The van der Waals surface area contributed by atoms with E-state index in [2.05, 4.69) is 27.6 Å². The highest BCUT2D eigenvalue weighted by Crippen LogP contribution is 2.26. The minimum Gasteiger partial charge on any atom is -0.341 e. The fourth-order valence-corrected chi connectivity index (χ4v) is 4.44. The van der Waals surface area contributed by atoms with E-state index in [0.29, 0.717) is 13.0 Å². The zero-order chi connectivity index (χ0) is 19.3. The molecule has 0 saturated carbocycles. The molecule has 4 aromatic rings. The molecule has 4 rings (SSSR count). The van der Waals surface area contributed by atoms with Crippen LogP contribution < -0.4 is 0 Å². The third-order valence-electron chi connectivity index (χ3n) is 4.37. The van der Waals surface area contributed by atoms with Crippen molar-refractivity contribution in [3.63, 3.8) is 0 Å². The Bertz CT molecular complexity index is 1040. The Kier molecular flexibility index (Phi) is 5.64. The van der Waals surface area contributed by atoms with Gasteiger partial charge in [0, 0.05) is 41.7 Å². The second-order valence-electron chi connectivity index (χ2n) is 6.61. The van der Waals surface area contributed by atoms with Crippen LogP contribution in [0.3, 0.4) is 0 Å². The van der Waals surface area contributed by atoms with Gasteiger partial charge in [-0.25, -0.2) is 4.98 Å². The second-order valence-corrected chi connectivity index (χ2v) is 8.25. The van der Waals surface area contributed by atoms with Crippen LogP contribution in [0.5, 0.6) is 0 Å². The normalized spacial score (nSPS) is 10.9. The number of amides is 1. The molecule has 0 atom stereocenters. The molecule has 3 aromatic heterocycles. The largest absolute Gasteiger partial charge is 0.341 e. The number of carbonyl (C=O) groups excluding carboxylic acids is 1. The fourth-order valence-electron chi connectivity index (χ4n) is 2.90. The van der Waals surface area contributed by atoms with Crippen molar-refractivity contribution in [2.75, 3.05) is 7.05 Å². The van der Waals surface area contributed by atoms with Gasteiger partial charge in [0.05, 0.1) is 24.9 Å². The Labute approximate surface area is 171 Å². The van der Waals surface area contributed by atoms with Crippen molar-refractivity contribution in [1.82, 2.24) is 19.7 Å². The number of benzene rings is 1. The van der Waals surface area contributed by atoms with Crippen molar-refractivity contribution < 1.29 is 4.79 Å². The van der Waals surface area contributed by atoms with E-state index >= 15 is 0 Å². The summed E-state index contributed by atoms with van der Waals surface area (Å²) in [6.45, 7) is 1.26. The Balaban J connectivity index is 1.33. The molecule has 0 radical (unpaired) electrons. The Morgan fingerprint density at radius 3 is 2.79 bits per heavy atom. The molecule has 142 valence electrons. The van der Waals surface area contributed by atoms with Crippen LogP contribution in [0.1, 0.15) is 16.8 Å². The first-order chi connectivity index (χ1) is 13.7. The minimum absolute atomic E-state index is 0.0537. The summed E-state index contributed by atoms with van der Waals surface area (Å²) >= 11 is 3.23. The first kappa shape index (κ1) is 18.6. The third kappa shape index (κ3) is 4.55. The standard InChI is InChI=1S/C21H20N4OS2/c1-24(11-17-10-22-25(13-17)12-16-5-3-2-4-6-16)20(26)9-19-15-28-21(23-19)18-7-8-27-14-18/h2-8,10,13-15H,9,11-12H2,1H3. The number of thiophene rings is 1. The van der Waals surface area contributed by atoms with Crippen molar-refractivity contribution in [3.05, 3.63) is 81.8 Å². The molecule has 0 aliphatic rings. The SMILES string of the molecule is CN(Cc1cnn(Cc2ccccc2)c1)C(=O)Cc1csc(-c2ccsc2)n1. The highest BCUT2D eigenvalue weighted by atomic mass is 32.1. The fraction of sp³-hybridized carbons (Fsp3) is 0.190. The summed E-state index contributed by atoms with van der Waals surface area (Å²) in [5.41, 5.74) is 4.16. The van der Waals surface area contributed by atoms with Crippen LogP contribution in [-0.2, 0) is 24.3 Å². The lowest BCUT2D eigenvalue weighted by Crippen LogP contribution is -2.27. The van der Waals surface area contributed by atoms with Crippen molar-refractivity contribution in [2.24, 2.45) is 0 Å². The quantitative estimate of drug-likeness (QED) is 0.458. The molecular formula is C21H20N4OS2. The maximum atomic E-state index is 12.6. The van der Waals surface area contributed by atoms with Gasteiger partial charge in [-0.05, 0) is 17.0 Å². The summed E-state index contributed by atoms with van der Waals surface area (Å²) < 4.78 is 1.90. The van der Waals surface area contributed by atoms with Crippen LogP contribution in [0.4, 0.5) is 0 Å². The van der Waals surface area contributed by atoms with Crippen LogP contribution in [0.2, 0.25) is 0 Å². The van der Waals surface area contributed by atoms with Crippen LogP contribution >= 0.6 is 22.7 Å². The van der Waals surface area contributed by atoms with Crippen LogP contribution in [-0.4, -0.2) is 32.6 Å².